The lowest BCUT2D eigenvalue weighted by Crippen LogP contribution is -1.94. The smallest absolute Gasteiger partial charge is 0.327 e. The second kappa shape index (κ2) is 6.09. The first-order valence-corrected chi connectivity index (χ1v) is 5.58. The number of aryl methyl sites for hydroxylation is 3. The molecule has 0 atom stereocenters. The topological polar surface area (TPSA) is 46.5 Å². The highest BCUT2D eigenvalue weighted by molar-refractivity contribution is 5.79. The number of carboxylic acids is 1. The van der Waals surface area contributed by atoms with Crippen LogP contribution in [0.3, 0.4) is 0 Å². The van der Waals surface area contributed by atoms with Gasteiger partial charge in [-0.2, -0.15) is 0 Å². The molecule has 0 amide bonds. The summed E-state index contributed by atoms with van der Waals surface area (Å²) in [5.74, 6) is 0.0296. The zero-order valence-corrected chi connectivity index (χ0v) is 10.5. The molecule has 0 aliphatic heterocycles. The molecule has 0 aliphatic rings. The summed E-state index contributed by atoms with van der Waals surface area (Å²) in [4.78, 5) is 10.3. The van der Waals surface area contributed by atoms with E-state index in [1.54, 1.807) is 13.2 Å². The van der Waals surface area contributed by atoms with Gasteiger partial charge in [0.15, 0.2) is 0 Å². The van der Waals surface area contributed by atoms with Crippen LogP contribution in [0.15, 0.2) is 24.3 Å². The number of hydrogen-bond acceptors (Lipinski definition) is 2. The Labute approximate surface area is 102 Å². The number of hydrogen-bond donors (Lipinski definition) is 1. The Bertz CT molecular complexity index is 410. The molecule has 0 radical (unpaired) electrons. The normalized spacial score (nSPS) is 10.8. The monoisotopic (exact) mass is 234 g/mol. The van der Waals surface area contributed by atoms with Gasteiger partial charge in [-0.1, -0.05) is 18.2 Å². The van der Waals surface area contributed by atoms with Crippen LogP contribution in [0.4, 0.5) is 0 Å². The van der Waals surface area contributed by atoms with E-state index >= 15 is 0 Å². The summed E-state index contributed by atoms with van der Waals surface area (Å²) in [7, 11) is 1.67. The number of rotatable bonds is 5. The fraction of sp³-hybridized carbons (Fsp3) is 0.357. The Hall–Kier alpha value is -1.77. The molecule has 3 nitrogen and oxygen atoms in total. The number of allylic oxidation sites excluding steroid dienone is 1. The molecule has 0 unspecified atom stereocenters. The van der Waals surface area contributed by atoms with Gasteiger partial charge in [-0.25, -0.2) is 4.79 Å². The molecule has 0 saturated carbocycles. The number of methoxy groups -OCH3 is 1. The first-order valence-electron chi connectivity index (χ1n) is 5.58. The van der Waals surface area contributed by atoms with Crippen molar-refractivity contribution < 1.29 is 14.6 Å². The highest BCUT2D eigenvalue weighted by Gasteiger charge is 2.04. The fourth-order valence-electron chi connectivity index (χ4n) is 1.94. The average molecular weight is 234 g/mol. The Morgan fingerprint density at radius 1 is 1.35 bits per heavy atom. The minimum absolute atomic E-state index is 0.734. The van der Waals surface area contributed by atoms with Gasteiger partial charge < -0.3 is 9.84 Å². The maximum absolute atomic E-state index is 10.3. The van der Waals surface area contributed by atoms with Gasteiger partial charge in [0.25, 0.3) is 0 Å². The number of benzene rings is 1. The number of ether oxygens (including phenoxy) is 1. The molecule has 1 aromatic carbocycles. The van der Waals surface area contributed by atoms with Gasteiger partial charge in [0, 0.05) is 6.08 Å². The average Bonchev–Trinajstić information content (AvgIpc) is 2.24. The molecule has 1 aromatic rings. The van der Waals surface area contributed by atoms with Crippen LogP contribution in [-0.2, 0) is 11.2 Å². The van der Waals surface area contributed by atoms with Crippen molar-refractivity contribution in [3.63, 3.8) is 0 Å². The first-order chi connectivity index (χ1) is 8.04. The van der Waals surface area contributed by atoms with Crippen molar-refractivity contribution in [2.45, 2.75) is 26.7 Å². The van der Waals surface area contributed by atoms with Gasteiger partial charge in [-0.15, -0.1) is 0 Å². The second-order valence-corrected chi connectivity index (χ2v) is 4.04. The Balaban J connectivity index is 2.70. The molecule has 0 aromatic heterocycles. The lowest BCUT2D eigenvalue weighted by molar-refractivity contribution is -0.131. The predicted octanol–water partition coefficient (Wildman–Crippen LogP) is 2.89. The molecule has 0 saturated heterocycles. The molecule has 1 rings (SSSR count). The summed E-state index contributed by atoms with van der Waals surface area (Å²) in [6.45, 7) is 4.03. The van der Waals surface area contributed by atoms with Crippen molar-refractivity contribution in [2.24, 2.45) is 0 Å². The van der Waals surface area contributed by atoms with Crippen LogP contribution < -0.4 is 4.74 Å². The summed E-state index contributed by atoms with van der Waals surface area (Å²) >= 11 is 0. The number of carbonyl (C=O) groups is 1. The predicted molar refractivity (Wildman–Crippen MR) is 67.6 cm³/mol. The molecular formula is C14H18O3. The molecule has 3 heteroatoms. The van der Waals surface area contributed by atoms with Crippen molar-refractivity contribution in [2.75, 3.05) is 7.11 Å². The van der Waals surface area contributed by atoms with E-state index in [1.807, 2.05) is 13.8 Å². The van der Waals surface area contributed by atoms with Gasteiger partial charge in [0.2, 0.25) is 0 Å². The Morgan fingerprint density at radius 3 is 2.41 bits per heavy atom. The summed E-state index contributed by atoms with van der Waals surface area (Å²) in [6, 6.07) is 4.17. The lowest BCUT2D eigenvalue weighted by Gasteiger charge is -2.10. The van der Waals surface area contributed by atoms with Crippen LogP contribution in [0.5, 0.6) is 5.75 Å². The van der Waals surface area contributed by atoms with Crippen molar-refractivity contribution in [1.82, 2.24) is 0 Å². The van der Waals surface area contributed by atoms with Crippen LogP contribution in [0.1, 0.15) is 23.1 Å². The van der Waals surface area contributed by atoms with Crippen LogP contribution >= 0.6 is 0 Å². The van der Waals surface area contributed by atoms with E-state index in [-0.39, 0.29) is 0 Å². The van der Waals surface area contributed by atoms with Crippen LogP contribution in [0, 0.1) is 13.8 Å². The molecule has 92 valence electrons. The van der Waals surface area contributed by atoms with E-state index < -0.39 is 5.97 Å². The maximum Gasteiger partial charge on any atom is 0.327 e. The zero-order valence-electron chi connectivity index (χ0n) is 10.5. The van der Waals surface area contributed by atoms with Crippen molar-refractivity contribution in [3.8, 4) is 5.75 Å². The van der Waals surface area contributed by atoms with Crippen LogP contribution in [0.2, 0.25) is 0 Å². The van der Waals surface area contributed by atoms with Crippen molar-refractivity contribution in [1.29, 1.82) is 0 Å². The van der Waals surface area contributed by atoms with E-state index in [9.17, 15) is 4.79 Å². The van der Waals surface area contributed by atoms with E-state index in [0.29, 0.717) is 0 Å². The highest BCUT2D eigenvalue weighted by Crippen LogP contribution is 2.24. The third-order valence-corrected chi connectivity index (χ3v) is 2.58. The second-order valence-electron chi connectivity index (χ2n) is 4.04. The van der Waals surface area contributed by atoms with Gasteiger partial charge in [-0.3, -0.25) is 0 Å². The summed E-state index contributed by atoms with van der Waals surface area (Å²) in [5, 5.41) is 8.46. The fourth-order valence-corrected chi connectivity index (χ4v) is 1.94. The van der Waals surface area contributed by atoms with Gasteiger partial charge in [0.1, 0.15) is 5.75 Å². The lowest BCUT2D eigenvalue weighted by atomic mass is 10.0. The largest absolute Gasteiger partial charge is 0.496 e. The molecule has 1 N–H and O–H groups in total. The SMILES string of the molecule is COc1c(C)cc(CC/C=C/C(=O)O)cc1C. The molecule has 0 spiro atoms. The third-order valence-electron chi connectivity index (χ3n) is 2.58. The van der Waals surface area contributed by atoms with E-state index in [2.05, 4.69) is 12.1 Å². The van der Waals surface area contributed by atoms with Crippen molar-refractivity contribution in [3.05, 3.63) is 41.0 Å². The maximum atomic E-state index is 10.3. The third kappa shape index (κ3) is 3.94. The van der Waals surface area contributed by atoms with Gasteiger partial charge in [-0.05, 0) is 43.4 Å². The first kappa shape index (κ1) is 13.3. The molecule has 0 fully saturated rings. The molecule has 0 aliphatic carbocycles. The van der Waals surface area contributed by atoms with E-state index in [4.69, 9.17) is 9.84 Å². The zero-order chi connectivity index (χ0) is 12.8. The number of carboxylic acid groups (broad SMARTS) is 1. The standard InChI is InChI=1S/C14H18O3/c1-10-8-12(6-4-5-7-13(15)16)9-11(2)14(10)17-3/h5,7-9H,4,6H2,1-3H3,(H,15,16)/b7-5+. The van der Waals surface area contributed by atoms with Gasteiger partial charge >= 0.3 is 5.97 Å². The van der Waals surface area contributed by atoms with Crippen molar-refractivity contribution >= 4 is 5.97 Å². The molecule has 0 heterocycles. The van der Waals surface area contributed by atoms with Gasteiger partial charge in [0.05, 0.1) is 7.11 Å². The minimum atomic E-state index is -0.896. The minimum Gasteiger partial charge on any atom is -0.496 e. The van der Waals surface area contributed by atoms with E-state index in [1.165, 1.54) is 11.6 Å². The van der Waals surface area contributed by atoms with Crippen LogP contribution in [-0.4, -0.2) is 18.2 Å². The molecule has 0 bridgehead atoms. The number of aliphatic carboxylic acids is 1. The Morgan fingerprint density at radius 2 is 1.94 bits per heavy atom. The highest BCUT2D eigenvalue weighted by atomic mass is 16.5. The summed E-state index contributed by atoms with van der Waals surface area (Å²) in [6.07, 6.45) is 4.44. The van der Waals surface area contributed by atoms with E-state index in [0.717, 1.165) is 29.7 Å². The molecular weight excluding hydrogens is 216 g/mol. The summed E-state index contributed by atoms with van der Waals surface area (Å²) < 4.78 is 5.30. The van der Waals surface area contributed by atoms with Crippen LogP contribution in [0.25, 0.3) is 0 Å². The molecule has 17 heavy (non-hydrogen) atoms. The quantitative estimate of drug-likeness (QED) is 0.797. The Kier molecular flexibility index (Phi) is 4.76. The summed E-state index contributed by atoms with van der Waals surface area (Å²) in [5.41, 5.74) is 3.44.